The minimum Gasteiger partial charge on any atom is -0.465 e. The molecular formula is C17H24N2O3. The molecule has 2 rings (SSSR count). The van der Waals surface area contributed by atoms with Crippen molar-refractivity contribution in [3.05, 3.63) is 29.3 Å². The number of esters is 1. The molecule has 1 aliphatic heterocycles. The highest BCUT2D eigenvalue weighted by molar-refractivity contribution is 5.98. The van der Waals surface area contributed by atoms with Crippen LogP contribution in [0.4, 0.5) is 5.69 Å². The largest absolute Gasteiger partial charge is 0.465 e. The van der Waals surface area contributed by atoms with E-state index in [9.17, 15) is 9.59 Å². The normalized spacial score (nSPS) is 19.4. The van der Waals surface area contributed by atoms with E-state index >= 15 is 0 Å². The van der Waals surface area contributed by atoms with Crippen LogP contribution in [0.5, 0.6) is 0 Å². The molecule has 0 aromatic heterocycles. The number of piperazine rings is 1. The number of hydrogen-bond acceptors (Lipinski definition) is 4. The van der Waals surface area contributed by atoms with E-state index in [0.717, 1.165) is 11.3 Å². The number of rotatable bonds is 4. The highest BCUT2D eigenvalue weighted by Crippen LogP contribution is 2.26. The average Bonchev–Trinajstić information content (AvgIpc) is 2.48. The molecule has 5 heteroatoms. The average molecular weight is 304 g/mol. The van der Waals surface area contributed by atoms with E-state index in [1.165, 1.54) is 5.56 Å². The van der Waals surface area contributed by atoms with Gasteiger partial charge in [-0.05, 0) is 44.9 Å². The molecule has 0 saturated carbocycles. The van der Waals surface area contributed by atoms with Crippen LogP contribution in [0.25, 0.3) is 0 Å². The lowest BCUT2D eigenvalue weighted by atomic mass is 10.0. The van der Waals surface area contributed by atoms with Crippen LogP contribution < -0.4 is 4.90 Å². The van der Waals surface area contributed by atoms with Crippen molar-refractivity contribution in [2.75, 3.05) is 31.1 Å². The van der Waals surface area contributed by atoms with Gasteiger partial charge in [-0.1, -0.05) is 12.1 Å². The number of anilines is 1. The molecule has 0 N–H and O–H groups in total. The number of carbonyl (C=O) groups excluding carboxylic acids is 2. The minimum absolute atomic E-state index is 0.0317. The zero-order valence-corrected chi connectivity index (χ0v) is 13.8. The second-order valence-electron chi connectivity index (χ2n) is 5.66. The molecular weight excluding hydrogens is 280 g/mol. The van der Waals surface area contributed by atoms with Crippen LogP contribution in [0.2, 0.25) is 0 Å². The summed E-state index contributed by atoms with van der Waals surface area (Å²) in [5, 5.41) is 0. The Labute approximate surface area is 131 Å². The first kappa shape index (κ1) is 16.5. The van der Waals surface area contributed by atoms with Crippen molar-refractivity contribution in [3.8, 4) is 0 Å². The minimum atomic E-state index is -0.321. The first-order valence-electron chi connectivity index (χ1n) is 7.73. The van der Waals surface area contributed by atoms with Crippen molar-refractivity contribution in [2.24, 2.45) is 0 Å². The van der Waals surface area contributed by atoms with Crippen molar-refractivity contribution < 1.29 is 14.3 Å². The van der Waals surface area contributed by atoms with Gasteiger partial charge in [-0.15, -0.1) is 0 Å². The van der Waals surface area contributed by atoms with Crippen LogP contribution in [-0.4, -0.2) is 49.1 Å². The summed E-state index contributed by atoms with van der Waals surface area (Å²) in [4.78, 5) is 28.0. The van der Waals surface area contributed by atoms with Gasteiger partial charge in [0.05, 0.1) is 19.2 Å². The molecule has 0 aliphatic carbocycles. The Morgan fingerprint density at radius 1 is 1.32 bits per heavy atom. The van der Waals surface area contributed by atoms with Crippen molar-refractivity contribution in [1.29, 1.82) is 0 Å². The fraction of sp³-hybridized carbons (Fsp3) is 0.529. The third kappa shape index (κ3) is 3.30. The third-order valence-electron chi connectivity index (χ3n) is 4.29. The fourth-order valence-electron chi connectivity index (χ4n) is 2.77. The van der Waals surface area contributed by atoms with E-state index in [0.29, 0.717) is 19.7 Å². The Hall–Kier alpha value is -1.88. The Bertz CT molecular complexity index is 571. The van der Waals surface area contributed by atoms with Crippen molar-refractivity contribution in [3.63, 3.8) is 0 Å². The number of benzene rings is 1. The van der Waals surface area contributed by atoms with E-state index in [2.05, 4.69) is 0 Å². The molecule has 1 amide bonds. The van der Waals surface area contributed by atoms with Crippen molar-refractivity contribution >= 4 is 17.6 Å². The summed E-state index contributed by atoms with van der Waals surface area (Å²) in [6.07, 6.45) is 0. The van der Waals surface area contributed by atoms with Gasteiger partial charge in [0.15, 0.2) is 0 Å². The van der Waals surface area contributed by atoms with Gasteiger partial charge in [-0.2, -0.15) is 0 Å². The highest BCUT2D eigenvalue weighted by Gasteiger charge is 2.33. The molecule has 22 heavy (non-hydrogen) atoms. The standard InChI is InChI=1S/C17H24N2O3/c1-5-22-16(20)11-18-9-10-19(17(21)14(18)4)15-8-6-7-12(2)13(15)3/h6-8,14H,5,9-11H2,1-4H3. The number of carbonyl (C=O) groups is 2. The van der Waals surface area contributed by atoms with Crippen LogP contribution in [-0.2, 0) is 14.3 Å². The molecule has 1 heterocycles. The van der Waals surface area contributed by atoms with E-state index in [-0.39, 0.29) is 24.5 Å². The molecule has 120 valence electrons. The lowest BCUT2D eigenvalue weighted by Crippen LogP contribution is -2.57. The fourth-order valence-corrected chi connectivity index (χ4v) is 2.77. The van der Waals surface area contributed by atoms with Crippen LogP contribution in [0, 0.1) is 13.8 Å². The molecule has 5 nitrogen and oxygen atoms in total. The Balaban J connectivity index is 2.12. The second-order valence-corrected chi connectivity index (χ2v) is 5.66. The van der Waals surface area contributed by atoms with Gasteiger partial charge in [0, 0.05) is 18.8 Å². The molecule has 1 saturated heterocycles. The smallest absolute Gasteiger partial charge is 0.320 e. The Kier molecular flexibility index (Phi) is 5.19. The van der Waals surface area contributed by atoms with Crippen LogP contribution >= 0.6 is 0 Å². The molecule has 0 bridgehead atoms. The number of nitrogens with zero attached hydrogens (tertiary/aromatic N) is 2. The lowest BCUT2D eigenvalue weighted by Gasteiger charge is -2.39. The Morgan fingerprint density at radius 2 is 2.05 bits per heavy atom. The van der Waals surface area contributed by atoms with E-state index in [1.807, 2.05) is 48.8 Å². The molecule has 1 aromatic rings. The molecule has 0 radical (unpaired) electrons. The van der Waals surface area contributed by atoms with Crippen molar-refractivity contribution in [1.82, 2.24) is 4.90 Å². The van der Waals surface area contributed by atoms with E-state index in [4.69, 9.17) is 4.74 Å². The summed E-state index contributed by atoms with van der Waals surface area (Å²) in [5.41, 5.74) is 3.27. The van der Waals surface area contributed by atoms with Crippen LogP contribution in [0.15, 0.2) is 18.2 Å². The maximum Gasteiger partial charge on any atom is 0.320 e. The summed E-state index contributed by atoms with van der Waals surface area (Å²) in [6, 6.07) is 5.68. The molecule has 1 aromatic carbocycles. The summed E-state index contributed by atoms with van der Waals surface area (Å²) in [5.74, 6) is -0.244. The molecule has 1 aliphatic rings. The summed E-state index contributed by atoms with van der Waals surface area (Å²) >= 11 is 0. The summed E-state index contributed by atoms with van der Waals surface area (Å²) in [6.45, 7) is 9.50. The summed E-state index contributed by atoms with van der Waals surface area (Å²) in [7, 11) is 0. The van der Waals surface area contributed by atoms with Crippen molar-refractivity contribution in [2.45, 2.75) is 33.7 Å². The van der Waals surface area contributed by atoms with Gasteiger partial charge in [0.1, 0.15) is 0 Å². The predicted molar refractivity (Wildman–Crippen MR) is 85.9 cm³/mol. The van der Waals surface area contributed by atoms with Crippen LogP contribution in [0.1, 0.15) is 25.0 Å². The first-order chi connectivity index (χ1) is 10.5. The zero-order chi connectivity index (χ0) is 16.3. The number of ether oxygens (including phenoxy) is 1. The van der Waals surface area contributed by atoms with Gasteiger partial charge >= 0.3 is 5.97 Å². The van der Waals surface area contributed by atoms with Crippen LogP contribution in [0.3, 0.4) is 0 Å². The summed E-state index contributed by atoms with van der Waals surface area (Å²) < 4.78 is 4.97. The van der Waals surface area contributed by atoms with E-state index in [1.54, 1.807) is 6.92 Å². The van der Waals surface area contributed by atoms with Gasteiger partial charge in [0.25, 0.3) is 0 Å². The van der Waals surface area contributed by atoms with Gasteiger partial charge in [0.2, 0.25) is 5.91 Å². The second kappa shape index (κ2) is 6.92. The molecule has 0 spiro atoms. The SMILES string of the molecule is CCOC(=O)CN1CCN(c2cccc(C)c2C)C(=O)C1C. The predicted octanol–water partition coefficient (Wildman–Crippen LogP) is 1.90. The number of hydrogen-bond donors (Lipinski definition) is 0. The lowest BCUT2D eigenvalue weighted by molar-refractivity contribution is -0.145. The van der Waals surface area contributed by atoms with Gasteiger partial charge in [-0.3, -0.25) is 14.5 Å². The monoisotopic (exact) mass is 304 g/mol. The quantitative estimate of drug-likeness (QED) is 0.797. The molecule has 1 atom stereocenters. The zero-order valence-electron chi connectivity index (χ0n) is 13.8. The van der Waals surface area contributed by atoms with Gasteiger partial charge in [-0.25, -0.2) is 0 Å². The molecule has 1 unspecified atom stereocenters. The highest BCUT2D eigenvalue weighted by atomic mass is 16.5. The number of aryl methyl sites for hydroxylation is 1. The topological polar surface area (TPSA) is 49.9 Å². The first-order valence-corrected chi connectivity index (χ1v) is 7.73. The maximum absolute atomic E-state index is 12.7. The maximum atomic E-state index is 12.7. The number of amides is 1. The molecule has 1 fully saturated rings. The Morgan fingerprint density at radius 3 is 2.73 bits per heavy atom. The third-order valence-corrected chi connectivity index (χ3v) is 4.29. The van der Waals surface area contributed by atoms with Gasteiger partial charge < -0.3 is 9.64 Å². The van der Waals surface area contributed by atoms with E-state index < -0.39 is 0 Å².